The third-order valence-corrected chi connectivity index (χ3v) is 3.89. The van der Waals surface area contributed by atoms with Crippen LogP contribution in [-0.2, 0) is 27.1 Å². The molecule has 0 saturated carbocycles. The number of fused-ring (bicyclic) bond motifs is 1. The van der Waals surface area contributed by atoms with Crippen LogP contribution >= 0.6 is 0 Å². The number of nitrogens with zero attached hydrogens (tertiary/aromatic N) is 1. The molecule has 1 aromatic carbocycles. The fourth-order valence-corrected chi connectivity index (χ4v) is 2.66. The van der Waals surface area contributed by atoms with E-state index in [4.69, 9.17) is 15.2 Å². The Kier molecular flexibility index (Phi) is 5.52. The molecule has 0 unspecified atom stereocenters. The van der Waals surface area contributed by atoms with Gasteiger partial charge in [0.15, 0.2) is 0 Å². The summed E-state index contributed by atoms with van der Waals surface area (Å²) in [7, 11) is 1.31. The highest BCUT2D eigenvalue weighted by atomic mass is 16.6. The van der Waals surface area contributed by atoms with Crippen molar-refractivity contribution in [3.05, 3.63) is 35.5 Å². The lowest BCUT2D eigenvalue weighted by Crippen LogP contribution is -2.33. The molecule has 0 fully saturated rings. The molecule has 2 aromatic rings. The fourth-order valence-electron chi connectivity index (χ4n) is 2.66. The molecule has 0 saturated heterocycles. The largest absolute Gasteiger partial charge is 0.468 e. The first-order chi connectivity index (χ1) is 11.7. The van der Waals surface area contributed by atoms with Gasteiger partial charge in [0.25, 0.3) is 0 Å². The minimum atomic E-state index is -0.784. The average Bonchev–Trinajstić information content (AvgIpc) is 2.90. The van der Waals surface area contributed by atoms with Crippen molar-refractivity contribution < 1.29 is 19.1 Å². The van der Waals surface area contributed by atoms with Crippen LogP contribution in [0.25, 0.3) is 10.9 Å². The third-order valence-electron chi connectivity index (χ3n) is 3.89. The molecule has 1 heterocycles. The number of hydrogen-bond acceptors (Lipinski definition) is 5. The third kappa shape index (κ3) is 4.39. The predicted octanol–water partition coefficient (Wildman–Crippen LogP) is 3.03. The molecule has 1 atom stereocenters. The monoisotopic (exact) mass is 346 g/mol. The summed E-state index contributed by atoms with van der Waals surface area (Å²) < 4.78 is 11.7. The highest BCUT2D eigenvalue weighted by molar-refractivity contribution is 5.93. The molecule has 25 heavy (non-hydrogen) atoms. The Hall–Kier alpha value is -2.34. The molecule has 0 aliphatic heterocycles. The zero-order valence-electron chi connectivity index (χ0n) is 15.5. The van der Waals surface area contributed by atoms with Crippen LogP contribution in [0.4, 0.5) is 4.79 Å². The maximum absolute atomic E-state index is 12.6. The topological polar surface area (TPSA) is 83.6 Å². The first-order valence-electron chi connectivity index (χ1n) is 8.36. The molecule has 0 aliphatic carbocycles. The van der Waals surface area contributed by atoms with Crippen molar-refractivity contribution in [3.63, 3.8) is 0 Å². The van der Waals surface area contributed by atoms with Gasteiger partial charge >= 0.3 is 12.1 Å². The van der Waals surface area contributed by atoms with E-state index < -0.39 is 23.7 Å². The Morgan fingerprint density at radius 2 is 1.96 bits per heavy atom. The van der Waals surface area contributed by atoms with Gasteiger partial charge in [0.1, 0.15) is 11.6 Å². The number of rotatable bonds is 4. The Balaban J connectivity index is 2.49. The number of benzene rings is 1. The summed E-state index contributed by atoms with van der Waals surface area (Å²) in [6.07, 6.45) is 2.38. The molecule has 1 aromatic heterocycles. The van der Waals surface area contributed by atoms with Crippen LogP contribution in [0.3, 0.4) is 0 Å². The van der Waals surface area contributed by atoms with E-state index in [0.29, 0.717) is 0 Å². The van der Waals surface area contributed by atoms with E-state index in [1.54, 1.807) is 6.20 Å². The van der Waals surface area contributed by atoms with E-state index in [1.165, 1.54) is 11.7 Å². The Morgan fingerprint density at radius 3 is 2.52 bits per heavy atom. The maximum atomic E-state index is 12.6. The van der Waals surface area contributed by atoms with Crippen LogP contribution in [0.1, 0.15) is 38.8 Å². The summed E-state index contributed by atoms with van der Waals surface area (Å²) in [6, 6.07) is 5.14. The number of hydrogen-bond donors (Lipinski definition) is 1. The van der Waals surface area contributed by atoms with Crippen molar-refractivity contribution in [2.24, 2.45) is 5.73 Å². The van der Waals surface area contributed by atoms with Gasteiger partial charge in [-0.2, -0.15) is 0 Å². The van der Waals surface area contributed by atoms with Crippen molar-refractivity contribution in [1.29, 1.82) is 0 Å². The molecule has 2 N–H and O–H groups in total. The number of methoxy groups -OCH3 is 1. The number of carbonyl (C=O) groups excluding carboxylic acids is 2. The summed E-state index contributed by atoms with van der Waals surface area (Å²) >= 11 is 0. The van der Waals surface area contributed by atoms with E-state index in [9.17, 15) is 9.59 Å². The van der Waals surface area contributed by atoms with Crippen LogP contribution < -0.4 is 5.73 Å². The lowest BCUT2D eigenvalue weighted by Gasteiger charge is -2.19. The highest BCUT2D eigenvalue weighted by Crippen LogP contribution is 2.25. The van der Waals surface area contributed by atoms with Crippen LogP contribution in [0, 0.1) is 0 Å². The number of ether oxygens (including phenoxy) is 2. The molecule has 0 amide bonds. The van der Waals surface area contributed by atoms with Gasteiger partial charge in [0.05, 0.1) is 12.6 Å². The summed E-state index contributed by atoms with van der Waals surface area (Å²) in [6.45, 7) is 7.52. The lowest BCUT2D eigenvalue weighted by molar-refractivity contribution is -0.142. The molecule has 6 nitrogen and oxygen atoms in total. The summed E-state index contributed by atoms with van der Waals surface area (Å²) in [5, 5.41) is 0.877. The standard InChI is InChI=1S/C19H26N2O4/c1-6-12-7-8-14-13(10-15(20)17(22)24-5)11-21(16(14)9-12)18(23)25-19(2,3)4/h7-9,11,15H,6,10,20H2,1-5H3/t15-/m0/s1. The van der Waals surface area contributed by atoms with Crippen molar-refractivity contribution in [3.8, 4) is 0 Å². The number of carbonyl (C=O) groups is 2. The summed E-state index contributed by atoms with van der Waals surface area (Å²) in [5.41, 5.74) is 7.96. The van der Waals surface area contributed by atoms with Gasteiger partial charge in [-0.3, -0.25) is 9.36 Å². The molecular weight excluding hydrogens is 320 g/mol. The predicted molar refractivity (Wildman–Crippen MR) is 96.6 cm³/mol. The highest BCUT2D eigenvalue weighted by Gasteiger charge is 2.23. The van der Waals surface area contributed by atoms with Crippen molar-refractivity contribution in [2.75, 3.05) is 7.11 Å². The summed E-state index contributed by atoms with van der Waals surface area (Å²) in [4.78, 5) is 24.2. The first kappa shape index (κ1) is 19.0. The molecule has 0 aliphatic rings. The minimum Gasteiger partial charge on any atom is -0.468 e. The van der Waals surface area contributed by atoms with Crippen LogP contribution in [-0.4, -0.2) is 35.4 Å². The van der Waals surface area contributed by atoms with E-state index in [-0.39, 0.29) is 6.42 Å². The second-order valence-corrected chi connectivity index (χ2v) is 7.04. The molecule has 6 heteroatoms. The molecule has 0 spiro atoms. The number of aryl methyl sites for hydroxylation is 1. The number of nitrogens with two attached hydrogens (primary N) is 1. The number of aromatic nitrogens is 1. The van der Waals surface area contributed by atoms with Crippen LogP contribution in [0.2, 0.25) is 0 Å². The molecule has 0 radical (unpaired) electrons. The SMILES string of the molecule is CCc1ccc2c(C[C@H](N)C(=O)OC)cn(C(=O)OC(C)(C)C)c2c1. The zero-order valence-corrected chi connectivity index (χ0v) is 15.5. The maximum Gasteiger partial charge on any atom is 0.419 e. The van der Waals surface area contributed by atoms with E-state index in [2.05, 4.69) is 6.92 Å². The second-order valence-electron chi connectivity index (χ2n) is 7.04. The second kappa shape index (κ2) is 7.27. The molecule has 136 valence electrons. The smallest absolute Gasteiger partial charge is 0.419 e. The van der Waals surface area contributed by atoms with Crippen molar-refractivity contribution >= 4 is 23.0 Å². The Labute approximate surface area is 147 Å². The van der Waals surface area contributed by atoms with Crippen LogP contribution in [0.5, 0.6) is 0 Å². The summed E-state index contributed by atoms with van der Waals surface area (Å²) in [5.74, 6) is -0.483. The fraction of sp³-hybridized carbons (Fsp3) is 0.474. The van der Waals surface area contributed by atoms with Crippen molar-refractivity contribution in [2.45, 2.75) is 52.2 Å². The van der Waals surface area contributed by atoms with Gasteiger partial charge in [-0.1, -0.05) is 19.1 Å². The molecular formula is C19H26N2O4. The van der Waals surface area contributed by atoms with Gasteiger partial charge in [0.2, 0.25) is 0 Å². The number of esters is 1. The van der Waals surface area contributed by atoms with E-state index in [0.717, 1.165) is 28.5 Å². The Bertz CT molecular complexity index is 787. The van der Waals surface area contributed by atoms with E-state index in [1.807, 2.05) is 39.0 Å². The molecule has 2 rings (SSSR count). The first-order valence-corrected chi connectivity index (χ1v) is 8.36. The van der Waals surface area contributed by atoms with Gasteiger partial charge in [0, 0.05) is 18.0 Å². The van der Waals surface area contributed by atoms with Gasteiger partial charge < -0.3 is 15.2 Å². The quantitative estimate of drug-likeness (QED) is 0.860. The van der Waals surface area contributed by atoms with E-state index >= 15 is 0 Å². The average molecular weight is 346 g/mol. The normalized spacial score (nSPS) is 12.9. The molecule has 0 bridgehead atoms. The lowest BCUT2D eigenvalue weighted by atomic mass is 10.0. The van der Waals surface area contributed by atoms with Gasteiger partial charge in [-0.05, 0) is 44.4 Å². The van der Waals surface area contributed by atoms with Gasteiger partial charge in [-0.25, -0.2) is 4.79 Å². The Morgan fingerprint density at radius 1 is 1.28 bits per heavy atom. The van der Waals surface area contributed by atoms with Crippen molar-refractivity contribution in [1.82, 2.24) is 4.57 Å². The minimum absolute atomic E-state index is 0.282. The van der Waals surface area contributed by atoms with Crippen LogP contribution in [0.15, 0.2) is 24.4 Å². The zero-order chi connectivity index (χ0) is 18.8. The van der Waals surface area contributed by atoms with Gasteiger partial charge in [-0.15, -0.1) is 0 Å².